The summed E-state index contributed by atoms with van der Waals surface area (Å²) in [6.45, 7) is 4.07. The molecule has 1 unspecified atom stereocenters. The van der Waals surface area contributed by atoms with E-state index in [2.05, 4.69) is 36.3 Å². The van der Waals surface area contributed by atoms with Crippen molar-refractivity contribution >= 4 is 11.6 Å². The lowest BCUT2D eigenvalue weighted by Crippen LogP contribution is -2.27. The van der Waals surface area contributed by atoms with Gasteiger partial charge in [0, 0.05) is 25.4 Å². The Labute approximate surface area is 114 Å². The fourth-order valence-corrected chi connectivity index (χ4v) is 2.51. The fraction of sp³-hybridized carbons (Fsp3) is 0.533. The molecular formula is C15H22N2O2. The van der Waals surface area contributed by atoms with Gasteiger partial charge >= 0.3 is 0 Å². The number of carbonyl (C=O) groups is 1. The van der Waals surface area contributed by atoms with Gasteiger partial charge in [0.05, 0.1) is 6.42 Å². The van der Waals surface area contributed by atoms with Gasteiger partial charge in [-0.3, -0.25) is 4.79 Å². The SMILES string of the molecule is CCC(CO)CN(C)Cc1ccc2c(c1)CC(=O)N2. The maximum Gasteiger partial charge on any atom is 0.228 e. The molecule has 2 N–H and O–H groups in total. The van der Waals surface area contributed by atoms with Crippen LogP contribution in [0.1, 0.15) is 24.5 Å². The maximum atomic E-state index is 11.3. The van der Waals surface area contributed by atoms with Crippen molar-refractivity contribution in [3.63, 3.8) is 0 Å². The predicted octanol–water partition coefficient (Wildman–Crippen LogP) is 1.63. The normalized spacial score (nSPS) is 15.5. The number of aliphatic hydroxyl groups excluding tert-OH is 1. The van der Waals surface area contributed by atoms with E-state index in [9.17, 15) is 9.90 Å². The van der Waals surface area contributed by atoms with Crippen molar-refractivity contribution in [3.05, 3.63) is 29.3 Å². The number of benzene rings is 1. The van der Waals surface area contributed by atoms with Crippen LogP contribution in [-0.2, 0) is 17.8 Å². The van der Waals surface area contributed by atoms with Gasteiger partial charge in [-0.15, -0.1) is 0 Å². The van der Waals surface area contributed by atoms with Gasteiger partial charge in [-0.1, -0.05) is 19.1 Å². The van der Waals surface area contributed by atoms with Crippen molar-refractivity contribution in [1.82, 2.24) is 4.90 Å². The molecule has 1 aliphatic rings. The lowest BCUT2D eigenvalue weighted by Gasteiger charge is -2.22. The molecule has 0 aromatic heterocycles. The number of fused-ring (bicyclic) bond motifs is 1. The number of aliphatic hydroxyl groups is 1. The summed E-state index contributed by atoms with van der Waals surface area (Å²) in [5.74, 6) is 0.412. The lowest BCUT2D eigenvalue weighted by molar-refractivity contribution is -0.115. The van der Waals surface area contributed by atoms with Crippen LogP contribution in [0.4, 0.5) is 5.69 Å². The molecule has 104 valence electrons. The van der Waals surface area contributed by atoms with Crippen molar-refractivity contribution in [3.8, 4) is 0 Å². The van der Waals surface area contributed by atoms with Gasteiger partial charge in [0.2, 0.25) is 5.91 Å². The van der Waals surface area contributed by atoms with E-state index in [0.717, 1.165) is 30.8 Å². The first kappa shape index (κ1) is 14.0. The second-order valence-electron chi connectivity index (χ2n) is 5.37. The summed E-state index contributed by atoms with van der Waals surface area (Å²) >= 11 is 0. The maximum absolute atomic E-state index is 11.3. The number of rotatable bonds is 6. The van der Waals surface area contributed by atoms with Gasteiger partial charge < -0.3 is 15.3 Å². The zero-order valence-electron chi connectivity index (χ0n) is 11.6. The number of nitrogens with zero attached hydrogens (tertiary/aromatic N) is 1. The number of hydrogen-bond acceptors (Lipinski definition) is 3. The van der Waals surface area contributed by atoms with Crippen molar-refractivity contribution in [2.24, 2.45) is 5.92 Å². The zero-order chi connectivity index (χ0) is 13.8. The third kappa shape index (κ3) is 3.55. The minimum Gasteiger partial charge on any atom is -0.396 e. The lowest BCUT2D eigenvalue weighted by atomic mass is 10.1. The molecule has 0 radical (unpaired) electrons. The molecule has 1 atom stereocenters. The topological polar surface area (TPSA) is 52.6 Å². The molecule has 19 heavy (non-hydrogen) atoms. The van der Waals surface area contributed by atoms with Gasteiger partial charge in [0.25, 0.3) is 0 Å². The standard InChI is InChI=1S/C15H22N2O2/c1-3-11(10-18)8-17(2)9-12-4-5-14-13(6-12)7-15(19)16-14/h4-6,11,18H,3,7-10H2,1-2H3,(H,16,19). The van der Waals surface area contributed by atoms with Crippen LogP contribution >= 0.6 is 0 Å². The molecule has 1 aromatic rings. The van der Waals surface area contributed by atoms with Crippen molar-refractivity contribution in [2.45, 2.75) is 26.3 Å². The summed E-state index contributed by atoms with van der Waals surface area (Å²) in [5.41, 5.74) is 3.24. The van der Waals surface area contributed by atoms with Crippen LogP contribution in [0.25, 0.3) is 0 Å². The molecule has 0 fully saturated rings. The average molecular weight is 262 g/mol. The van der Waals surface area contributed by atoms with Gasteiger partial charge in [0.1, 0.15) is 0 Å². The molecule has 1 aromatic carbocycles. The summed E-state index contributed by atoms with van der Waals surface area (Å²) in [6.07, 6.45) is 1.48. The molecule has 0 aliphatic carbocycles. The first-order chi connectivity index (χ1) is 9.12. The Bertz CT molecular complexity index is 455. The summed E-state index contributed by atoms with van der Waals surface area (Å²) < 4.78 is 0. The summed E-state index contributed by atoms with van der Waals surface area (Å²) in [5, 5.41) is 12.1. The molecule has 1 heterocycles. The quantitative estimate of drug-likeness (QED) is 0.819. The van der Waals surface area contributed by atoms with Gasteiger partial charge in [-0.05, 0) is 36.6 Å². The van der Waals surface area contributed by atoms with E-state index in [-0.39, 0.29) is 12.5 Å². The van der Waals surface area contributed by atoms with E-state index in [1.54, 1.807) is 0 Å². The Morgan fingerprint density at radius 3 is 2.95 bits per heavy atom. The van der Waals surface area contributed by atoms with Crippen molar-refractivity contribution in [2.75, 3.05) is 25.5 Å². The Kier molecular flexibility index (Phi) is 4.56. The Balaban J connectivity index is 1.96. The Hall–Kier alpha value is -1.39. The molecule has 1 aliphatic heterocycles. The Morgan fingerprint density at radius 1 is 1.47 bits per heavy atom. The van der Waals surface area contributed by atoms with Crippen LogP contribution in [0.5, 0.6) is 0 Å². The molecule has 4 nitrogen and oxygen atoms in total. The monoisotopic (exact) mass is 262 g/mol. The molecule has 0 saturated carbocycles. The average Bonchev–Trinajstić information content (AvgIpc) is 2.75. The number of hydrogen-bond donors (Lipinski definition) is 2. The van der Waals surface area contributed by atoms with E-state index in [1.165, 1.54) is 5.56 Å². The minimum atomic E-state index is 0.0758. The number of anilines is 1. The predicted molar refractivity (Wildman–Crippen MR) is 76.0 cm³/mol. The molecule has 0 spiro atoms. The number of amides is 1. The summed E-state index contributed by atoms with van der Waals surface area (Å²) in [6, 6.07) is 6.14. The minimum absolute atomic E-state index is 0.0758. The van der Waals surface area contributed by atoms with E-state index in [0.29, 0.717) is 12.3 Å². The third-order valence-corrected chi connectivity index (χ3v) is 3.65. The number of carbonyl (C=O) groups excluding carboxylic acids is 1. The van der Waals surface area contributed by atoms with E-state index >= 15 is 0 Å². The molecule has 0 saturated heterocycles. The van der Waals surface area contributed by atoms with Crippen LogP contribution in [-0.4, -0.2) is 36.1 Å². The second-order valence-corrected chi connectivity index (χ2v) is 5.37. The van der Waals surface area contributed by atoms with E-state index < -0.39 is 0 Å². The summed E-state index contributed by atoms with van der Waals surface area (Å²) in [7, 11) is 2.06. The smallest absolute Gasteiger partial charge is 0.228 e. The number of nitrogens with one attached hydrogen (secondary N) is 1. The Morgan fingerprint density at radius 2 is 2.26 bits per heavy atom. The van der Waals surface area contributed by atoms with Crippen LogP contribution < -0.4 is 5.32 Å². The largest absolute Gasteiger partial charge is 0.396 e. The molecule has 1 amide bonds. The molecule has 4 heteroatoms. The highest BCUT2D eigenvalue weighted by Gasteiger charge is 2.17. The first-order valence-electron chi connectivity index (χ1n) is 6.83. The van der Waals surface area contributed by atoms with Gasteiger partial charge in [-0.2, -0.15) is 0 Å². The van der Waals surface area contributed by atoms with Crippen LogP contribution in [0.15, 0.2) is 18.2 Å². The molecule has 0 bridgehead atoms. The van der Waals surface area contributed by atoms with Crippen LogP contribution in [0, 0.1) is 5.92 Å². The highest BCUT2D eigenvalue weighted by molar-refractivity contribution is 5.99. The van der Waals surface area contributed by atoms with Gasteiger partial charge in [0.15, 0.2) is 0 Å². The third-order valence-electron chi connectivity index (χ3n) is 3.65. The highest BCUT2D eigenvalue weighted by atomic mass is 16.3. The highest BCUT2D eigenvalue weighted by Crippen LogP contribution is 2.24. The van der Waals surface area contributed by atoms with E-state index in [1.807, 2.05) is 6.07 Å². The van der Waals surface area contributed by atoms with Crippen molar-refractivity contribution in [1.29, 1.82) is 0 Å². The van der Waals surface area contributed by atoms with E-state index in [4.69, 9.17) is 0 Å². The van der Waals surface area contributed by atoms with Crippen LogP contribution in [0.2, 0.25) is 0 Å². The zero-order valence-corrected chi connectivity index (χ0v) is 11.6. The summed E-state index contributed by atoms with van der Waals surface area (Å²) in [4.78, 5) is 13.5. The first-order valence-corrected chi connectivity index (χ1v) is 6.83. The molecule has 2 rings (SSSR count). The van der Waals surface area contributed by atoms with Crippen LogP contribution in [0.3, 0.4) is 0 Å². The van der Waals surface area contributed by atoms with Gasteiger partial charge in [-0.25, -0.2) is 0 Å². The second kappa shape index (κ2) is 6.17. The fourth-order valence-electron chi connectivity index (χ4n) is 2.51. The van der Waals surface area contributed by atoms with Crippen molar-refractivity contribution < 1.29 is 9.90 Å². The molecular weight excluding hydrogens is 240 g/mol.